The highest BCUT2D eigenvalue weighted by Crippen LogP contribution is 2.17. The normalized spacial score (nSPS) is 11.9. The first-order valence-electron chi connectivity index (χ1n) is 9.49. The summed E-state index contributed by atoms with van der Waals surface area (Å²) in [5, 5.41) is 14.8. The molecule has 1 heterocycles. The van der Waals surface area contributed by atoms with Crippen LogP contribution in [0.15, 0.2) is 42.7 Å². The molecule has 12 nitrogen and oxygen atoms in total. The van der Waals surface area contributed by atoms with Crippen LogP contribution in [-0.2, 0) is 32.2 Å². The molecule has 0 spiro atoms. The van der Waals surface area contributed by atoms with Gasteiger partial charge < -0.3 is 14.2 Å². The largest absolute Gasteiger partial charge is 0.467 e. The fraction of sp³-hybridized carbons (Fsp3) is 0.400. The molecule has 0 aliphatic carbocycles. The third-order valence-electron chi connectivity index (χ3n) is 4.00. The molecule has 2 aromatic rings. The monoisotopic (exact) mass is 448 g/mol. The molecule has 0 N–H and O–H groups in total. The Balaban J connectivity index is 2.26. The Labute approximate surface area is 183 Å². The van der Waals surface area contributed by atoms with Crippen LogP contribution in [0, 0.1) is 10.1 Å². The number of carbonyl (C=O) groups is 3. The molecule has 0 saturated heterocycles. The zero-order chi connectivity index (χ0) is 23.9. The molecule has 2 amide bonds. The molecule has 12 heteroatoms. The van der Waals surface area contributed by atoms with E-state index in [-0.39, 0.29) is 18.8 Å². The van der Waals surface area contributed by atoms with E-state index >= 15 is 0 Å². The standard InChI is InChI=1S/C20H24N4O8/c1-20(2,3)32-19(27)23(16(17(25)30-4)12-22-11-5-10-21-22)18(26)31-13-14-6-8-15(9-7-14)24(28)29/h5-11,16H,12-13H2,1-4H3/t16-/m0/s1. The van der Waals surface area contributed by atoms with E-state index in [1.165, 1.54) is 35.1 Å². The summed E-state index contributed by atoms with van der Waals surface area (Å²) in [6, 6.07) is 5.52. The predicted molar refractivity (Wildman–Crippen MR) is 109 cm³/mol. The number of rotatable bonds is 7. The van der Waals surface area contributed by atoms with E-state index < -0.39 is 34.7 Å². The Morgan fingerprint density at radius 1 is 1.19 bits per heavy atom. The number of amides is 2. The number of esters is 1. The van der Waals surface area contributed by atoms with Gasteiger partial charge in [0, 0.05) is 24.5 Å². The summed E-state index contributed by atoms with van der Waals surface area (Å²) < 4.78 is 16.6. The van der Waals surface area contributed by atoms with E-state index in [9.17, 15) is 24.5 Å². The van der Waals surface area contributed by atoms with Crippen molar-refractivity contribution in [2.24, 2.45) is 0 Å². The number of carbonyl (C=O) groups excluding carboxylic acids is 3. The van der Waals surface area contributed by atoms with Crippen molar-refractivity contribution in [1.29, 1.82) is 0 Å². The molecule has 0 radical (unpaired) electrons. The highest BCUT2D eigenvalue weighted by molar-refractivity contribution is 5.94. The van der Waals surface area contributed by atoms with Gasteiger partial charge in [0.15, 0.2) is 6.04 Å². The zero-order valence-electron chi connectivity index (χ0n) is 18.1. The van der Waals surface area contributed by atoms with Crippen molar-refractivity contribution in [3.8, 4) is 0 Å². The van der Waals surface area contributed by atoms with Gasteiger partial charge >= 0.3 is 18.2 Å². The fourth-order valence-corrected chi connectivity index (χ4v) is 2.55. The van der Waals surface area contributed by atoms with Gasteiger partial charge in [-0.2, -0.15) is 10.00 Å². The van der Waals surface area contributed by atoms with Gasteiger partial charge in [-0.15, -0.1) is 0 Å². The smallest absolute Gasteiger partial charge is 0.420 e. The number of aromatic nitrogens is 2. The van der Waals surface area contributed by atoms with E-state index in [0.29, 0.717) is 10.5 Å². The number of imide groups is 1. The summed E-state index contributed by atoms with van der Waals surface area (Å²) >= 11 is 0. The minimum Gasteiger partial charge on any atom is -0.467 e. The van der Waals surface area contributed by atoms with E-state index in [4.69, 9.17) is 14.2 Å². The van der Waals surface area contributed by atoms with Crippen LogP contribution in [0.5, 0.6) is 0 Å². The molecule has 0 aliphatic heterocycles. The van der Waals surface area contributed by atoms with Crippen LogP contribution in [-0.4, -0.2) is 56.5 Å². The molecule has 0 fully saturated rings. The molecule has 0 bridgehead atoms. The minimum atomic E-state index is -1.42. The van der Waals surface area contributed by atoms with Crippen molar-refractivity contribution in [3.05, 3.63) is 58.4 Å². The van der Waals surface area contributed by atoms with Gasteiger partial charge in [-0.1, -0.05) is 0 Å². The van der Waals surface area contributed by atoms with E-state index in [1.807, 2.05) is 0 Å². The molecule has 0 unspecified atom stereocenters. The topological polar surface area (TPSA) is 143 Å². The Morgan fingerprint density at radius 2 is 1.84 bits per heavy atom. The SMILES string of the molecule is COC(=O)[C@H](Cn1cccn1)N(C(=O)OCc1ccc([N+](=O)[O-])cc1)C(=O)OC(C)(C)C. The number of benzene rings is 1. The van der Waals surface area contributed by atoms with E-state index in [2.05, 4.69) is 5.10 Å². The van der Waals surface area contributed by atoms with Gasteiger partial charge in [0.2, 0.25) is 0 Å². The average Bonchev–Trinajstić information content (AvgIpc) is 3.23. The van der Waals surface area contributed by atoms with Crippen molar-refractivity contribution in [1.82, 2.24) is 14.7 Å². The van der Waals surface area contributed by atoms with Crippen molar-refractivity contribution in [2.45, 2.75) is 45.6 Å². The van der Waals surface area contributed by atoms with Gasteiger partial charge in [0.1, 0.15) is 12.2 Å². The number of methoxy groups -OCH3 is 1. The third kappa shape index (κ3) is 6.79. The molecule has 0 aliphatic rings. The summed E-state index contributed by atoms with van der Waals surface area (Å²) in [5.41, 5.74) is -0.643. The molecule has 2 rings (SSSR count). The van der Waals surface area contributed by atoms with Gasteiger partial charge in [0.25, 0.3) is 5.69 Å². The lowest BCUT2D eigenvalue weighted by atomic mass is 10.2. The minimum absolute atomic E-state index is 0.125. The average molecular weight is 448 g/mol. The quantitative estimate of drug-likeness (QED) is 0.270. The maximum absolute atomic E-state index is 12.9. The van der Waals surface area contributed by atoms with E-state index in [1.54, 1.807) is 33.0 Å². The maximum atomic E-state index is 12.9. The molecular formula is C20H24N4O8. The summed E-state index contributed by atoms with van der Waals surface area (Å²) in [4.78, 5) is 48.9. The number of nitrogens with zero attached hydrogens (tertiary/aromatic N) is 4. The Bertz CT molecular complexity index is 951. The first kappa shape index (κ1) is 24.3. The van der Waals surface area contributed by atoms with Gasteiger partial charge in [-0.05, 0) is 44.5 Å². The fourth-order valence-electron chi connectivity index (χ4n) is 2.55. The van der Waals surface area contributed by atoms with Crippen LogP contribution >= 0.6 is 0 Å². The molecule has 1 aromatic carbocycles. The maximum Gasteiger partial charge on any atom is 0.420 e. The lowest BCUT2D eigenvalue weighted by Crippen LogP contribution is -2.52. The third-order valence-corrected chi connectivity index (χ3v) is 4.00. The summed E-state index contributed by atoms with van der Waals surface area (Å²) in [5.74, 6) is -0.876. The number of hydrogen-bond acceptors (Lipinski definition) is 9. The second-order valence-corrected chi connectivity index (χ2v) is 7.60. The van der Waals surface area contributed by atoms with Crippen molar-refractivity contribution in [2.75, 3.05) is 7.11 Å². The van der Waals surface area contributed by atoms with Crippen LogP contribution in [0.25, 0.3) is 0 Å². The molecular weight excluding hydrogens is 424 g/mol. The van der Waals surface area contributed by atoms with Crippen LogP contribution in [0.4, 0.5) is 15.3 Å². The lowest BCUT2D eigenvalue weighted by molar-refractivity contribution is -0.384. The highest BCUT2D eigenvalue weighted by atomic mass is 16.6. The van der Waals surface area contributed by atoms with Crippen molar-refractivity contribution < 1.29 is 33.5 Å². The Hall–Kier alpha value is -3.96. The first-order chi connectivity index (χ1) is 15.0. The van der Waals surface area contributed by atoms with Crippen molar-refractivity contribution >= 4 is 23.8 Å². The zero-order valence-corrected chi connectivity index (χ0v) is 18.1. The second-order valence-electron chi connectivity index (χ2n) is 7.60. The van der Waals surface area contributed by atoms with Crippen LogP contribution in [0.2, 0.25) is 0 Å². The number of hydrogen-bond donors (Lipinski definition) is 0. The molecule has 32 heavy (non-hydrogen) atoms. The molecule has 172 valence electrons. The molecule has 1 atom stereocenters. The predicted octanol–water partition coefficient (Wildman–Crippen LogP) is 2.91. The summed E-state index contributed by atoms with van der Waals surface area (Å²) in [6.07, 6.45) is 0.763. The Kier molecular flexibility index (Phi) is 7.88. The van der Waals surface area contributed by atoms with Crippen LogP contribution in [0.3, 0.4) is 0 Å². The summed E-state index contributed by atoms with van der Waals surface area (Å²) in [6.45, 7) is 4.32. The molecule has 1 aromatic heterocycles. The number of non-ortho nitro benzene ring substituents is 1. The van der Waals surface area contributed by atoms with E-state index in [0.717, 1.165) is 7.11 Å². The first-order valence-corrected chi connectivity index (χ1v) is 9.49. The summed E-state index contributed by atoms with van der Waals surface area (Å²) in [7, 11) is 1.12. The van der Waals surface area contributed by atoms with Crippen LogP contribution in [0.1, 0.15) is 26.3 Å². The van der Waals surface area contributed by atoms with Gasteiger partial charge in [0.05, 0.1) is 18.6 Å². The van der Waals surface area contributed by atoms with Crippen LogP contribution < -0.4 is 0 Å². The molecule has 0 saturated carbocycles. The van der Waals surface area contributed by atoms with Gasteiger partial charge in [-0.25, -0.2) is 14.4 Å². The highest BCUT2D eigenvalue weighted by Gasteiger charge is 2.40. The second kappa shape index (κ2) is 10.4. The number of nitro benzene ring substituents is 1. The van der Waals surface area contributed by atoms with Crippen molar-refractivity contribution in [3.63, 3.8) is 0 Å². The number of nitro groups is 1. The van der Waals surface area contributed by atoms with Gasteiger partial charge in [-0.3, -0.25) is 14.8 Å². The Morgan fingerprint density at radius 3 is 2.34 bits per heavy atom. The lowest BCUT2D eigenvalue weighted by Gasteiger charge is -2.30. The number of ether oxygens (including phenoxy) is 3.